The normalized spacial score (nSPS) is 10.0. The standard InChI is InChI=1S/C17H16N2O3/c1-3-13-5-4-12(9-17(20)21)8-15(13)22-16-7-11(2)6-14(10-18)19-16/h4-8H,3,9H2,1-2H3,(H,20,21). The Balaban J connectivity index is 2.37. The largest absolute Gasteiger partial charge is 0.481 e. The van der Waals surface area contributed by atoms with Crippen LogP contribution in [0.5, 0.6) is 11.6 Å². The molecule has 0 bridgehead atoms. The molecule has 0 fully saturated rings. The molecule has 1 heterocycles. The van der Waals surface area contributed by atoms with Crippen LogP contribution in [0.1, 0.15) is 29.3 Å². The molecule has 5 nitrogen and oxygen atoms in total. The molecule has 0 atom stereocenters. The van der Waals surface area contributed by atoms with Crippen LogP contribution in [0.2, 0.25) is 0 Å². The number of nitriles is 1. The van der Waals surface area contributed by atoms with E-state index in [0.29, 0.717) is 17.2 Å². The fraction of sp³-hybridized carbons (Fsp3) is 0.235. The highest BCUT2D eigenvalue weighted by molar-refractivity contribution is 5.70. The van der Waals surface area contributed by atoms with Crippen LogP contribution in [0.15, 0.2) is 30.3 Å². The number of ether oxygens (including phenoxy) is 1. The first-order valence-electron chi connectivity index (χ1n) is 6.92. The van der Waals surface area contributed by atoms with Crippen molar-refractivity contribution in [3.8, 4) is 17.7 Å². The minimum Gasteiger partial charge on any atom is -0.481 e. The zero-order valence-electron chi connectivity index (χ0n) is 12.5. The Morgan fingerprint density at radius 3 is 2.77 bits per heavy atom. The van der Waals surface area contributed by atoms with Crippen LogP contribution in [0.3, 0.4) is 0 Å². The number of aryl methyl sites for hydroxylation is 2. The highest BCUT2D eigenvalue weighted by Crippen LogP contribution is 2.27. The Morgan fingerprint density at radius 2 is 2.14 bits per heavy atom. The molecule has 112 valence electrons. The van der Waals surface area contributed by atoms with Crippen molar-refractivity contribution in [3.05, 3.63) is 52.7 Å². The van der Waals surface area contributed by atoms with E-state index in [1.165, 1.54) is 0 Å². The molecule has 0 unspecified atom stereocenters. The second-order valence-corrected chi connectivity index (χ2v) is 4.95. The fourth-order valence-electron chi connectivity index (χ4n) is 2.13. The Kier molecular flexibility index (Phi) is 4.74. The Morgan fingerprint density at radius 1 is 1.36 bits per heavy atom. The summed E-state index contributed by atoms with van der Waals surface area (Å²) in [5.41, 5.74) is 2.78. The Hall–Kier alpha value is -2.87. The van der Waals surface area contributed by atoms with Crippen LogP contribution < -0.4 is 4.74 Å². The van der Waals surface area contributed by atoms with Gasteiger partial charge in [0.1, 0.15) is 17.5 Å². The zero-order valence-corrected chi connectivity index (χ0v) is 12.5. The van der Waals surface area contributed by atoms with Crippen LogP contribution in [0.25, 0.3) is 0 Å². The van der Waals surface area contributed by atoms with Gasteiger partial charge in [0, 0.05) is 6.07 Å². The Bertz CT molecular complexity index is 748. The van der Waals surface area contributed by atoms with Gasteiger partial charge in [-0.25, -0.2) is 4.98 Å². The lowest BCUT2D eigenvalue weighted by atomic mass is 10.1. The zero-order chi connectivity index (χ0) is 16.1. The number of hydrogen-bond donors (Lipinski definition) is 1. The van der Waals surface area contributed by atoms with Crippen molar-refractivity contribution in [2.75, 3.05) is 0 Å². The smallest absolute Gasteiger partial charge is 0.307 e. The molecule has 2 rings (SSSR count). The van der Waals surface area contributed by atoms with E-state index in [1.807, 2.05) is 26.0 Å². The van der Waals surface area contributed by atoms with E-state index in [-0.39, 0.29) is 12.1 Å². The third-order valence-corrected chi connectivity index (χ3v) is 3.14. The molecular weight excluding hydrogens is 280 g/mol. The van der Waals surface area contributed by atoms with Crippen molar-refractivity contribution in [1.29, 1.82) is 5.26 Å². The van der Waals surface area contributed by atoms with E-state index >= 15 is 0 Å². The molecular formula is C17H16N2O3. The predicted octanol–water partition coefficient (Wildman–Crippen LogP) is 3.24. The summed E-state index contributed by atoms with van der Waals surface area (Å²) < 4.78 is 5.79. The predicted molar refractivity (Wildman–Crippen MR) is 80.9 cm³/mol. The number of hydrogen-bond acceptors (Lipinski definition) is 4. The summed E-state index contributed by atoms with van der Waals surface area (Å²) >= 11 is 0. The van der Waals surface area contributed by atoms with Gasteiger partial charge in [-0.05, 0) is 42.2 Å². The first-order chi connectivity index (χ1) is 10.5. The van der Waals surface area contributed by atoms with E-state index in [1.54, 1.807) is 24.3 Å². The number of rotatable bonds is 5. The molecule has 0 aliphatic carbocycles. The van der Waals surface area contributed by atoms with Gasteiger partial charge in [0.05, 0.1) is 6.42 Å². The summed E-state index contributed by atoms with van der Waals surface area (Å²) in [4.78, 5) is 14.9. The van der Waals surface area contributed by atoms with Gasteiger partial charge in [0.2, 0.25) is 5.88 Å². The van der Waals surface area contributed by atoms with Crippen molar-refractivity contribution in [2.24, 2.45) is 0 Å². The van der Waals surface area contributed by atoms with Gasteiger partial charge in [-0.3, -0.25) is 4.79 Å². The molecule has 0 spiro atoms. The average molecular weight is 296 g/mol. The van der Waals surface area contributed by atoms with Crippen molar-refractivity contribution in [3.63, 3.8) is 0 Å². The summed E-state index contributed by atoms with van der Waals surface area (Å²) in [6.07, 6.45) is 0.685. The van der Waals surface area contributed by atoms with Crippen molar-refractivity contribution < 1.29 is 14.6 Å². The lowest BCUT2D eigenvalue weighted by molar-refractivity contribution is -0.136. The van der Waals surface area contributed by atoms with E-state index < -0.39 is 5.97 Å². The van der Waals surface area contributed by atoms with E-state index in [4.69, 9.17) is 15.1 Å². The van der Waals surface area contributed by atoms with Gasteiger partial charge in [0.25, 0.3) is 0 Å². The van der Waals surface area contributed by atoms with Gasteiger partial charge in [-0.15, -0.1) is 0 Å². The number of carboxylic acid groups (broad SMARTS) is 1. The highest BCUT2D eigenvalue weighted by Gasteiger charge is 2.09. The molecule has 1 aromatic heterocycles. The number of nitrogens with zero attached hydrogens (tertiary/aromatic N) is 2. The van der Waals surface area contributed by atoms with Gasteiger partial charge in [-0.1, -0.05) is 19.1 Å². The molecule has 0 saturated heterocycles. The maximum Gasteiger partial charge on any atom is 0.307 e. The SMILES string of the molecule is CCc1ccc(CC(=O)O)cc1Oc1cc(C)cc(C#N)n1. The fourth-order valence-corrected chi connectivity index (χ4v) is 2.13. The lowest BCUT2D eigenvalue weighted by Gasteiger charge is -2.11. The minimum atomic E-state index is -0.893. The van der Waals surface area contributed by atoms with E-state index in [2.05, 4.69) is 4.98 Å². The first-order valence-corrected chi connectivity index (χ1v) is 6.92. The van der Waals surface area contributed by atoms with E-state index in [0.717, 1.165) is 17.5 Å². The lowest BCUT2D eigenvalue weighted by Crippen LogP contribution is -2.01. The first kappa shape index (κ1) is 15.5. The number of aliphatic carboxylic acids is 1. The third kappa shape index (κ3) is 3.83. The third-order valence-electron chi connectivity index (χ3n) is 3.14. The van der Waals surface area contributed by atoms with Crippen LogP contribution >= 0.6 is 0 Å². The quantitative estimate of drug-likeness (QED) is 0.915. The second kappa shape index (κ2) is 6.72. The summed E-state index contributed by atoms with van der Waals surface area (Å²) in [6.45, 7) is 3.85. The topological polar surface area (TPSA) is 83.2 Å². The molecule has 22 heavy (non-hydrogen) atoms. The molecule has 0 aliphatic heterocycles. The van der Waals surface area contributed by atoms with Gasteiger partial charge >= 0.3 is 5.97 Å². The monoisotopic (exact) mass is 296 g/mol. The number of carboxylic acids is 1. The molecule has 0 saturated carbocycles. The van der Waals surface area contributed by atoms with Gasteiger partial charge in [0.15, 0.2) is 0 Å². The van der Waals surface area contributed by atoms with Crippen LogP contribution in [0.4, 0.5) is 0 Å². The maximum atomic E-state index is 10.8. The molecule has 0 radical (unpaired) electrons. The second-order valence-electron chi connectivity index (χ2n) is 4.95. The summed E-state index contributed by atoms with van der Waals surface area (Å²) in [5.74, 6) is 0.0117. The molecule has 0 amide bonds. The highest BCUT2D eigenvalue weighted by atomic mass is 16.5. The number of pyridine rings is 1. The number of aromatic nitrogens is 1. The van der Waals surface area contributed by atoms with Crippen molar-refractivity contribution >= 4 is 5.97 Å². The van der Waals surface area contributed by atoms with Crippen molar-refractivity contribution in [1.82, 2.24) is 4.98 Å². The van der Waals surface area contributed by atoms with Crippen LogP contribution in [-0.4, -0.2) is 16.1 Å². The number of carbonyl (C=O) groups is 1. The summed E-state index contributed by atoms with van der Waals surface area (Å²) in [7, 11) is 0. The van der Waals surface area contributed by atoms with E-state index in [9.17, 15) is 4.79 Å². The minimum absolute atomic E-state index is 0.0644. The van der Waals surface area contributed by atoms with Gasteiger partial charge in [-0.2, -0.15) is 5.26 Å². The maximum absolute atomic E-state index is 10.8. The number of benzene rings is 1. The molecule has 1 N–H and O–H groups in total. The summed E-state index contributed by atoms with van der Waals surface area (Å²) in [5, 5.41) is 17.9. The van der Waals surface area contributed by atoms with Crippen LogP contribution in [0, 0.1) is 18.3 Å². The molecule has 0 aliphatic rings. The van der Waals surface area contributed by atoms with Crippen molar-refractivity contribution in [2.45, 2.75) is 26.7 Å². The molecule has 2 aromatic rings. The van der Waals surface area contributed by atoms with Crippen LogP contribution in [-0.2, 0) is 17.6 Å². The molecule has 5 heteroatoms. The average Bonchev–Trinajstić information content (AvgIpc) is 2.46. The Labute approximate surface area is 128 Å². The van der Waals surface area contributed by atoms with Gasteiger partial charge < -0.3 is 9.84 Å². The molecule has 1 aromatic carbocycles. The summed E-state index contributed by atoms with van der Waals surface area (Å²) in [6, 6.07) is 10.8.